The Kier molecular flexibility index (Phi) is 14.4. The average molecular weight is 682 g/mol. The van der Waals surface area contributed by atoms with Gasteiger partial charge < -0.3 is 30.5 Å². The van der Waals surface area contributed by atoms with Crippen molar-refractivity contribution in [2.75, 3.05) is 19.8 Å². The lowest BCUT2D eigenvalue weighted by molar-refractivity contribution is -0.151. The number of aliphatic hydroxyl groups is 1. The van der Waals surface area contributed by atoms with Crippen LogP contribution in [0.5, 0.6) is 0 Å². The maximum atomic E-state index is 13.1. The Bertz CT molecular complexity index is 1580. The van der Waals surface area contributed by atoms with E-state index in [9.17, 15) is 24.3 Å². The molecule has 0 unspecified atom stereocenters. The number of hydrogen-bond donors (Lipinski definition) is 4. The predicted octanol–water partition coefficient (Wildman–Crippen LogP) is 5.21. The Labute approximate surface area is 294 Å². The molecule has 0 fully saturated rings. The van der Waals surface area contributed by atoms with Gasteiger partial charge in [-0.1, -0.05) is 91.0 Å². The fourth-order valence-electron chi connectivity index (χ4n) is 6.08. The van der Waals surface area contributed by atoms with Crippen molar-refractivity contribution in [3.8, 4) is 11.1 Å². The Hall–Kier alpha value is -5.22. The third kappa shape index (κ3) is 10.6. The molecule has 50 heavy (non-hydrogen) atoms. The molecule has 10 nitrogen and oxygen atoms in total. The fourth-order valence-corrected chi connectivity index (χ4v) is 6.08. The van der Waals surface area contributed by atoms with Crippen LogP contribution in [-0.4, -0.2) is 66.9 Å². The van der Waals surface area contributed by atoms with Gasteiger partial charge in [-0.25, -0.2) is 9.59 Å². The molecule has 0 saturated carbocycles. The van der Waals surface area contributed by atoms with E-state index < -0.39 is 42.1 Å². The molecule has 3 aromatic carbocycles. The van der Waals surface area contributed by atoms with E-state index in [1.807, 2.05) is 66.7 Å². The van der Waals surface area contributed by atoms with E-state index in [0.29, 0.717) is 12.8 Å². The van der Waals surface area contributed by atoms with Crippen LogP contribution in [0.4, 0.5) is 4.79 Å². The lowest BCUT2D eigenvalue weighted by Crippen LogP contribution is -2.45. The molecule has 0 aliphatic heterocycles. The van der Waals surface area contributed by atoms with Crippen molar-refractivity contribution in [2.24, 2.45) is 5.92 Å². The summed E-state index contributed by atoms with van der Waals surface area (Å²) >= 11 is 0. The van der Waals surface area contributed by atoms with Crippen molar-refractivity contribution in [1.29, 1.82) is 0 Å². The SMILES string of the molecule is C=CCC[C@H](NC(=O)OCC1c2ccccc2-c2ccccc21)C(=O)O[C@@H](C)CNC(=O)[C@@H](CC=C)CC(=O)N[C@H](CO)Cc1ccccc1. The largest absolute Gasteiger partial charge is 0.459 e. The maximum absolute atomic E-state index is 13.1. The summed E-state index contributed by atoms with van der Waals surface area (Å²) < 4.78 is 11.2. The zero-order valence-corrected chi connectivity index (χ0v) is 28.5. The number of carbonyl (C=O) groups is 4. The molecule has 4 N–H and O–H groups in total. The number of carbonyl (C=O) groups excluding carboxylic acids is 4. The van der Waals surface area contributed by atoms with Crippen molar-refractivity contribution < 1.29 is 33.8 Å². The molecule has 264 valence electrons. The Morgan fingerprint density at radius 1 is 0.880 bits per heavy atom. The molecule has 0 spiro atoms. The molecule has 4 atom stereocenters. The number of ether oxygens (including phenoxy) is 2. The van der Waals surface area contributed by atoms with Gasteiger partial charge in [-0.2, -0.15) is 0 Å². The summed E-state index contributed by atoms with van der Waals surface area (Å²) in [5.74, 6) is -2.27. The van der Waals surface area contributed by atoms with Gasteiger partial charge in [0.2, 0.25) is 11.8 Å². The minimum atomic E-state index is -0.991. The highest BCUT2D eigenvalue weighted by atomic mass is 16.6. The topological polar surface area (TPSA) is 143 Å². The minimum absolute atomic E-state index is 0.00771. The summed E-state index contributed by atoms with van der Waals surface area (Å²) in [6.07, 6.45) is 3.03. The smallest absolute Gasteiger partial charge is 0.407 e. The Morgan fingerprint density at radius 3 is 2.14 bits per heavy atom. The Balaban J connectivity index is 1.26. The molecule has 4 rings (SSSR count). The van der Waals surface area contributed by atoms with Crippen LogP contribution in [0.2, 0.25) is 0 Å². The first kappa shape index (κ1) is 37.6. The van der Waals surface area contributed by atoms with Crippen LogP contribution in [0.3, 0.4) is 0 Å². The highest BCUT2D eigenvalue weighted by Crippen LogP contribution is 2.44. The number of amides is 3. The van der Waals surface area contributed by atoms with Crippen molar-refractivity contribution in [3.05, 3.63) is 121 Å². The van der Waals surface area contributed by atoms with Gasteiger partial charge in [0.05, 0.1) is 25.1 Å². The van der Waals surface area contributed by atoms with Gasteiger partial charge in [0.15, 0.2) is 0 Å². The summed E-state index contributed by atoms with van der Waals surface area (Å²) in [7, 11) is 0. The number of fused-ring (bicyclic) bond motifs is 3. The van der Waals surface area contributed by atoms with Crippen molar-refractivity contribution in [1.82, 2.24) is 16.0 Å². The van der Waals surface area contributed by atoms with Gasteiger partial charge in [-0.15, -0.1) is 13.2 Å². The molecule has 0 saturated heterocycles. The normalized spacial score (nSPS) is 14.1. The number of allylic oxidation sites excluding steroid dienone is 2. The second kappa shape index (κ2) is 19.1. The van der Waals surface area contributed by atoms with Gasteiger partial charge in [-0.3, -0.25) is 9.59 Å². The molecule has 0 bridgehead atoms. The molecule has 1 aliphatic carbocycles. The van der Waals surface area contributed by atoms with E-state index >= 15 is 0 Å². The van der Waals surface area contributed by atoms with Crippen LogP contribution in [0.15, 0.2) is 104 Å². The van der Waals surface area contributed by atoms with Crippen molar-refractivity contribution >= 4 is 23.9 Å². The summed E-state index contributed by atoms with van der Waals surface area (Å²) in [5, 5.41) is 18.0. The zero-order chi connectivity index (χ0) is 35.9. The van der Waals surface area contributed by atoms with Gasteiger partial charge >= 0.3 is 12.1 Å². The minimum Gasteiger partial charge on any atom is -0.459 e. The van der Waals surface area contributed by atoms with Gasteiger partial charge in [0, 0.05) is 12.3 Å². The highest BCUT2D eigenvalue weighted by Gasteiger charge is 2.30. The second-order valence-corrected chi connectivity index (χ2v) is 12.4. The molecule has 0 heterocycles. The lowest BCUT2D eigenvalue weighted by Gasteiger charge is -2.22. The average Bonchev–Trinajstić information content (AvgIpc) is 3.44. The number of rotatable bonds is 19. The van der Waals surface area contributed by atoms with Crippen LogP contribution in [0.25, 0.3) is 11.1 Å². The van der Waals surface area contributed by atoms with Crippen LogP contribution in [0, 0.1) is 5.92 Å². The number of hydrogen-bond acceptors (Lipinski definition) is 7. The molecule has 3 amide bonds. The van der Waals surface area contributed by atoms with Crippen LogP contribution >= 0.6 is 0 Å². The van der Waals surface area contributed by atoms with E-state index in [-0.39, 0.29) is 50.8 Å². The number of benzene rings is 3. The monoisotopic (exact) mass is 681 g/mol. The van der Waals surface area contributed by atoms with Crippen molar-refractivity contribution in [3.63, 3.8) is 0 Å². The molecule has 0 aromatic heterocycles. The number of esters is 1. The second-order valence-electron chi connectivity index (χ2n) is 12.4. The summed E-state index contributed by atoms with van der Waals surface area (Å²) in [5.41, 5.74) is 5.34. The molecule has 3 aromatic rings. The summed E-state index contributed by atoms with van der Waals surface area (Å²) in [6, 6.07) is 24.0. The molecule has 0 radical (unpaired) electrons. The van der Waals surface area contributed by atoms with E-state index in [2.05, 4.69) is 41.2 Å². The van der Waals surface area contributed by atoms with Crippen molar-refractivity contribution in [2.45, 2.75) is 63.1 Å². The van der Waals surface area contributed by atoms with Crippen LogP contribution < -0.4 is 16.0 Å². The molecule has 1 aliphatic rings. The van der Waals surface area contributed by atoms with Gasteiger partial charge in [-0.05, 0) is 60.4 Å². The molecular weight excluding hydrogens is 634 g/mol. The third-order valence-electron chi connectivity index (χ3n) is 8.63. The van der Waals surface area contributed by atoms with Gasteiger partial charge in [0.1, 0.15) is 18.8 Å². The first-order chi connectivity index (χ1) is 24.2. The number of aliphatic hydroxyl groups excluding tert-OH is 1. The van der Waals surface area contributed by atoms with Crippen LogP contribution in [0.1, 0.15) is 55.2 Å². The van der Waals surface area contributed by atoms with Crippen LogP contribution in [-0.2, 0) is 30.3 Å². The number of nitrogens with one attached hydrogen (secondary N) is 3. The zero-order valence-electron chi connectivity index (χ0n) is 28.5. The number of alkyl carbamates (subject to hydrolysis) is 1. The summed E-state index contributed by atoms with van der Waals surface area (Å²) in [4.78, 5) is 51.9. The lowest BCUT2D eigenvalue weighted by atomic mass is 9.98. The maximum Gasteiger partial charge on any atom is 0.407 e. The third-order valence-corrected chi connectivity index (χ3v) is 8.63. The first-order valence-electron chi connectivity index (χ1n) is 17.0. The molecular formula is C40H47N3O7. The molecule has 10 heteroatoms. The quantitative estimate of drug-likeness (QED) is 0.101. The van der Waals surface area contributed by atoms with E-state index in [1.54, 1.807) is 19.1 Å². The highest BCUT2D eigenvalue weighted by molar-refractivity contribution is 5.86. The van der Waals surface area contributed by atoms with E-state index in [0.717, 1.165) is 27.8 Å². The first-order valence-corrected chi connectivity index (χ1v) is 17.0. The fraction of sp³-hybridized carbons (Fsp3) is 0.350. The van der Waals surface area contributed by atoms with Gasteiger partial charge in [0.25, 0.3) is 0 Å². The van der Waals surface area contributed by atoms with E-state index in [1.165, 1.54) is 0 Å². The predicted molar refractivity (Wildman–Crippen MR) is 192 cm³/mol. The summed E-state index contributed by atoms with van der Waals surface area (Å²) in [6.45, 7) is 8.89. The standard InChI is InChI=1S/C40H47N3O7/c1-4-6-21-36(43-40(48)49-26-35-33-19-12-10-17-31(33)32-18-11-13-20-34(32)35)39(47)50-27(3)24-41-38(46)29(14-5-2)23-37(45)42-30(25-44)22-28-15-8-7-9-16-28/h4-5,7-13,15-20,27,29-30,35-36,44H,1-2,6,14,21-26H2,3H3,(H,41,46)(H,42,45)(H,43,48)/t27-,29-,30-,36-/m0/s1. The van der Waals surface area contributed by atoms with E-state index in [4.69, 9.17) is 9.47 Å². The Morgan fingerprint density at radius 2 is 1.52 bits per heavy atom.